The average Bonchev–Trinajstić information content (AvgIpc) is 3.97. The van der Waals surface area contributed by atoms with E-state index in [-0.39, 0.29) is 0 Å². The van der Waals surface area contributed by atoms with Gasteiger partial charge in [0.2, 0.25) is 0 Å². The number of nitrogens with zero attached hydrogens (tertiary/aromatic N) is 2. The molecule has 2 aromatic heterocycles. The summed E-state index contributed by atoms with van der Waals surface area (Å²) in [4.78, 5) is 0. The molecule has 2 bridgehead atoms. The lowest BCUT2D eigenvalue weighted by Crippen LogP contribution is -2.28. The van der Waals surface area contributed by atoms with Gasteiger partial charge in [0.05, 0.1) is 22.1 Å². The Hall–Kier alpha value is -7.68. The van der Waals surface area contributed by atoms with E-state index in [4.69, 9.17) is 0 Å². The molecule has 0 N–H and O–H groups in total. The number of rotatable bonds is 8. The monoisotopic (exact) mass is 834 g/mol. The Bertz CT molecular complexity index is 3510. The molecule has 5 aliphatic carbocycles. The normalized spacial score (nSPS) is 19.5. The molecule has 0 fully saturated rings. The Kier molecular flexibility index (Phi) is 9.14. The summed E-state index contributed by atoms with van der Waals surface area (Å²) in [6, 6.07) is 38.6. The summed E-state index contributed by atoms with van der Waals surface area (Å²) in [6.45, 7) is 11.0. The first-order chi connectivity index (χ1) is 32.1. The van der Waals surface area contributed by atoms with E-state index in [1.54, 1.807) is 0 Å². The van der Waals surface area contributed by atoms with Crippen LogP contribution in [0.15, 0.2) is 211 Å². The number of allylic oxidation sites excluding steroid dienone is 18. The van der Waals surface area contributed by atoms with Gasteiger partial charge in [-0.2, -0.15) is 0 Å². The van der Waals surface area contributed by atoms with Gasteiger partial charge in [0, 0.05) is 33.4 Å². The van der Waals surface area contributed by atoms with Crippen molar-refractivity contribution in [1.29, 1.82) is 0 Å². The van der Waals surface area contributed by atoms with Crippen LogP contribution in [0.4, 0.5) is 0 Å². The van der Waals surface area contributed by atoms with Crippen LogP contribution in [-0.2, 0) is 5.41 Å². The maximum Gasteiger partial charge on any atom is 0.0701 e. The van der Waals surface area contributed by atoms with Crippen molar-refractivity contribution in [2.45, 2.75) is 45.4 Å². The lowest BCUT2D eigenvalue weighted by atomic mass is 9.66. The minimum atomic E-state index is -0.549. The fraction of sp³-hybridized carbons (Fsp3) is 0.111. The Morgan fingerprint density at radius 3 is 2.14 bits per heavy atom. The zero-order valence-electron chi connectivity index (χ0n) is 37.3. The average molecular weight is 835 g/mol. The number of aryl methyl sites for hydroxylation is 1. The quantitative estimate of drug-likeness (QED) is 0.135. The maximum absolute atomic E-state index is 4.12. The van der Waals surface area contributed by atoms with Crippen LogP contribution < -0.4 is 0 Å². The zero-order chi connectivity index (χ0) is 43.8. The van der Waals surface area contributed by atoms with Gasteiger partial charge >= 0.3 is 0 Å². The second kappa shape index (κ2) is 15.2. The fourth-order valence-electron chi connectivity index (χ4n) is 11.9. The van der Waals surface area contributed by atoms with Crippen molar-refractivity contribution in [3.8, 4) is 33.6 Å². The number of benzene rings is 5. The molecule has 5 aromatic carbocycles. The fourth-order valence-corrected chi connectivity index (χ4v) is 11.9. The Labute approximate surface area is 382 Å². The van der Waals surface area contributed by atoms with Crippen LogP contribution in [0.5, 0.6) is 0 Å². The standard InChI is InChI=1S/C63H50N2/c1-5-8-28-55-41(4)59-57(65(55)47-26-19-25-45(40-47)43-23-15-12-16-24-43)38-35-50-51-36-39-58-60-52-34-37-54-49(48(20-6-2)53(7-3)63(54,61(50)59)62(51)60)27-17-9-10-18-29-56(52)64(58)46-32-30-44(31-33-46)42-21-13-11-14-22-42/h5-6,8-11,13-15,17-40H,1,7,12,16H2,2-4H3/b10-9+,17-9?,18-10?,20-6-,27-17-,28-8-,29-18-,49-27?,56-29?. The van der Waals surface area contributed by atoms with E-state index in [9.17, 15) is 0 Å². The summed E-state index contributed by atoms with van der Waals surface area (Å²) in [5, 5.41) is 2.65. The second-order valence-electron chi connectivity index (χ2n) is 17.7. The van der Waals surface area contributed by atoms with Gasteiger partial charge in [0.15, 0.2) is 0 Å². The molecule has 312 valence electrons. The van der Waals surface area contributed by atoms with Gasteiger partial charge in [0.1, 0.15) is 0 Å². The maximum atomic E-state index is 4.12. The highest BCUT2D eigenvalue weighted by Crippen LogP contribution is 2.67. The van der Waals surface area contributed by atoms with Crippen molar-refractivity contribution in [3.63, 3.8) is 0 Å². The summed E-state index contributed by atoms with van der Waals surface area (Å²) in [6.07, 6.45) is 39.3. The third kappa shape index (κ3) is 5.53. The lowest BCUT2D eigenvalue weighted by Gasteiger charge is -2.34. The third-order valence-electron chi connectivity index (χ3n) is 14.4. The van der Waals surface area contributed by atoms with Crippen LogP contribution in [0, 0.1) is 6.92 Å². The molecule has 0 saturated heterocycles. The highest BCUT2D eigenvalue weighted by Gasteiger charge is 2.55. The van der Waals surface area contributed by atoms with Gasteiger partial charge in [-0.1, -0.05) is 165 Å². The minimum Gasteiger partial charge on any atom is -0.310 e. The third-order valence-corrected chi connectivity index (χ3v) is 14.4. The molecule has 12 rings (SSSR count). The first-order valence-corrected chi connectivity index (χ1v) is 23.2. The molecular formula is C63H50N2. The van der Waals surface area contributed by atoms with Crippen molar-refractivity contribution in [1.82, 2.24) is 9.13 Å². The van der Waals surface area contributed by atoms with Gasteiger partial charge in [-0.25, -0.2) is 0 Å². The Morgan fingerprint density at radius 1 is 0.662 bits per heavy atom. The highest BCUT2D eigenvalue weighted by atomic mass is 15.0. The van der Waals surface area contributed by atoms with E-state index < -0.39 is 5.41 Å². The topological polar surface area (TPSA) is 9.86 Å². The molecule has 2 nitrogen and oxygen atoms in total. The van der Waals surface area contributed by atoms with Crippen LogP contribution >= 0.6 is 0 Å². The van der Waals surface area contributed by atoms with Crippen LogP contribution in [0.1, 0.15) is 72.3 Å². The number of hydrogen-bond donors (Lipinski definition) is 0. The molecular weight excluding hydrogens is 785 g/mol. The number of hydrogen-bond acceptors (Lipinski definition) is 0. The molecule has 1 unspecified atom stereocenters. The van der Waals surface area contributed by atoms with Gasteiger partial charge < -0.3 is 9.13 Å². The van der Waals surface area contributed by atoms with Gasteiger partial charge in [-0.3, -0.25) is 0 Å². The molecule has 5 aliphatic rings. The molecule has 0 radical (unpaired) electrons. The van der Waals surface area contributed by atoms with Crippen molar-refractivity contribution in [2.24, 2.45) is 0 Å². The Morgan fingerprint density at radius 2 is 1.40 bits per heavy atom. The predicted octanol–water partition coefficient (Wildman–Crippen LogP) is 16.5. The molecule has 1 spiro atoms. The van der Waals surface area contributed by atoms with E-state index in [0.29, 0.717) is 0 Å². The van der Waals surface area contributed by atoms with Crippen molar-refractivity contribution < 1.29 is 0 Å². The molecule has 0 saturated carbocycles. The second-order valence-corrected chi connectivity index (χ2v) is 17.7. The SMILES string of the molecule is C=C/C=C\c1c(C)c2c3c(ccc2n1-c1cccc(C2=CCCC=C2)c1)-c1ccc2c4c5c(n2-c2ccc(-c6ccccc6)cc2)\C=C/C=C/C=C\C2=C(C=C5)C3(C(CC)=C2/C=C\C)c14. The van der Waals surface area contributed by atoms with Crippen molar-refractivity contribution in [3.05, 3.63) is 250 Å². The molecule has 65 heavy (non-hydrogen) atoms. The van der Waals surface area contributed by atoms with E-state index in [2.05, 4.69) is 231 Å². The van der Waals surface area contributed by atoms with Gasteiger partial charge in [-0.15, -0.1) is 0 Å². The Balaban J connectivity index is 1.21. The van der Waals surface area contributed by atoms with Crippen LogP contribution in [-0.4, -0.2) is 9.13 Å². The van der Waals surface area contributed by atoms with E-state index in [1.807, 2.05) is 6.08 Å². The van der Waals surface area contributed by atoms with Gasteiger partial charge in [0.25, 0.3) is 0 Å². The van der Waals surface area contributed by atoms with Crippen molar-refractivity contribution in [2.75, 3.05) is 0 Å². The highest BCUT2D eigenvalue weighted by molar-refractivity contribution is 6.12. The first-order valence-electron chi connectivity index (χ1n) is 23.2. The first kappa shape index (κ1) is 39.0. The zero-order valence-corrected chi connectivity index (χ0v) is 37.3. The largest absolute Gasteiger partial charge is 0.310 e. The number of fused-ring (bicyclic) bond motifs is 4. The van der Waals surface area contributed by atoms with E-state index >= 15 is 0 Å². The molecule has 2 heteroatoms. The summed E-state index contributed by atoms with van der Waals surface area (Å²) >= 11 is 0. The van der Waals surface area contributed by atoms with Crippen LogP contribution in [0.25, 0.3) is 79.2 Å². The predicted molar refractivity (Wildman–Crippen MR) is 278 cm³/mol. The smallest absolute Gasteiger partial charge is 0.0701 e. The van der Waals surface area contributed by atoms with Crippen LogP contribution in [0.3, 0.4) is 0 Å². The summed E-state index contributed by atoms with van der Waals surface area (Å²) in [5.74, 6) is 0. The number of aromatic nitrogens is 2. The molecule has 0 aliphatic heterocycles. The summed E-state index contributed by atoms with van der Waals surface area (Å²) < 4.78 is 5.00. The van der Waals surface area contributed by atoms with Gasteiger partial charge in [-0.05, 0) is 154 Å². The molecule has 0 amide bonds. The summed E-state index contributed by atoms with van der Waals surface area (Å²) in [5.41, 5.74) is 24.9. The molecule has 2 heterocycles. The summed E-state index contributed by atoms with van der Waals surface area (Å²) in [7, 11) is 0. The lowest BCUT2D eigenvalue weighted by molar-refractivity contribution is 0.737. The van der Waals surface area contributed by atoms with E-state index in [1.165, 1.54) is 111 Å². The van der Waals surface area contributed by atoms with Crippen LogP contribution in [0.2, 0.25) is 0 Å². The minimum absolute atomic E-state index is 0.549. The van der Waals surface area contributed by atoms with Crippen molar-refractivity contribution >= 4 is 45.6 Å². The van der Waals surface area contributed by atoms with E-state index in [0.717, 1.165) is 30.6 Å². The molecule has 1 atom stereocenters. The molecule has 7 aromatic rings.